The molecule has 1 heterocycles. The van der Waals surface area contributed by atoms with Crippen molar-refractivity contribution in [3.8, 4) is 0 Å². The number of nitrogens with zero attached hydrogens (tertiary/aromatic N) is 3. The van der Waals surface area contributed by atoms with Crippen LogP contribution >= 0.6 is 0 Å². The van der Waals surface area contributed by atoms with Gasteiger partial charge in [-0.3, -0.25) is 0 Å². The zero-order chi connectivity index (χ0) is 12.2. The average Bonchev–Trinajstić information content (AvgIpc) is 2.49. The van der Waals surface area contributed by atoms with Crippen LogP contribution in [0.5, 0.6) is 0 Å². The summed E-state index contributed by atoms with van der Waals surface area (Å²) in [4.78, 5) is 2.09. The summed E-state index contributed by atoms with van der Waals surface area (Å²) in [5, 5.41) is 8.30. The Hall–Kier alpha value is -2.42. The third-order valence-electron chi connectivity index (χ3n) is 2.88. The fourth-order valence-electron chi connectivity index (χ4n) is 1.95. The van der Waals surface area contributed by atoms with Gasteiger partial charge in [0.05, 0.1) is 12.3 Å². The first-order valence-corrected chi connectivity index (χ1v) is 5.90. The van der Waals surface area contributed by atoms with Gasteiger partial charge in [-0.15, -0.1) is 5.10 Å². The molecule has 0 radical (unpaired) electrons. The van der Waals surface area contributed by atoms with Gasteiger partial charge in [0.1, 0.15) is 6.34 Å². The van der Waals surface area contributed by atoms with Gasteiger partial charge in [-0.2, -0.15) is 5.10 Å². The van der Waals surface area contributed by atoms with E-state index in [0.717, 1.165) is 23.5 Å². The van der Waals surface area contributed by atoms with Crippen LogP contribution in [0.25, 0.3) is 0 Å². The molecule has 3 heteroatoms. The van der Waals surface area contributed by atoms with E-state index < -0.39 is 0 Å². The standard InChI is InChI=1S/C15H13N3/c1-3-7-13(8-4-1)15-11-18(12-16-17-15)14-9-5-2-6-10-14/h1-10,12H,11H2. The molecular weight excluding hydrogens is 222 g/mol. The molecule has 0 bridgehead atoms. The summed E-state index contributed by atoms with van der Waals surface area (Å²) in [6.45, 7) is 0.748. The van der Waals surface area contributed by atoms with Crippen LogP contribution in [-0.4, -0.2) is 18.6 Å². The van der Waals surface area contributed by atoms with Crippen molar-refractivity contribution in [2.45, 2.75) is 0 Å². The predicted octanol–water partition coefficient (Wildman–Crippen LogP) is 2.94. The van der Waals surface area contributed by atoms with Gasteiger partial charge in [-0.1, -0.05) is 48.5 Å². The third kappa shape index (κ3) is 2.15. The minimum Gasteiger partial charge on any atom is -0.325 e. The highest BCUT2D eigenvalue weighted by atomic mass is 15.3. The van der Waals surface area contributed by atoms with Crippen molar-refractivity contribution < 1.29 is 0 Å². The van der Waals surface area contributed by atoms with E-state index in [0.29, 0.717) is 0 Å². The molecule has 0 saturated heterocycles. The maximum absolute atomic E-state index is 4.22. The first-order valence-electron chi connectivity index (χ1n) is 5.90. The Morgan fingerprint density at radius 2 is 1.50 bits per heavy atom. The Labute approximate surface area is 106 Å². The van der Waals surface area contributed by atoms with Crippen molar-refractivity contribution in [2.24, 2.45) is 10.2 Å². The number of hydrogen-bond donors (Lipinski definition) is 0. The Balaban J connectivity index is 1.85. The van der Waals surface area contributed by atoms with Crippen LogP contribution < -0.4 is 4.90 Å². The van der Waals surface area contributed by atoms with Gasteiger partial charge < -0.3 is 4.90 Å². The maximum Gasteiger partial charge on any atom is 0.118 e. The molecular formula is C15H13N3. The lowest BCUT2D eigenvalue weighted by Gasteiger charge is -2.22. The monoisotopic (exact) mass is 235 g/mol. The van der Waals surface area contributed by atoms with Crippen molar-refractivity contribution in [3.63, 3.8) is 0 Å². The van der Waals surface area contributed by atoms with E-state index in [-0.39, 0.29) is 0 Å². The molecule has 2 aromatic rings. The average molecular weight is 235 g/mol. The Kier molecular flexibility index (Phi) is 2.88. The molecule has 0 spiro atoms. The first kappa shape index (κ1) is 10.7. The quantitative estimate of drug-likeness (QED) is 0.786. The fourth-order valence-corrected chi connectivity index (χ4v) is 1.95. The predicted molar refractivity (Wildman–Crippen MR) is 75.3 cm³/mol. The highest BCUT2D eigenvalue weighted by molar-refractivity contribution is 6.07. The summed E-state index contributed by atoms with van der Waals surface area (Å²) in [5.74, 6) is 0. The zero-order valence-corrected chi connectivity index (χ0v) is 9.90. The lowest BCUT2D eigenvalue weighted by atomic mass is 10.1. The van der Waals surface area contributed by atoms with E-state index in [1.807, 2.05) is 36.4 Å². The molecule has 0 N–H and O–H groups in total. The van der Waals surface area contributed by atoms with Crippen LogP contribution in [0.4, 0.5) is 5.69 Å². The molecule has 18 heavy (non-hydrogen) atoms. The van der Waals surface area contributed by atoms with E-state index >= 15 is 0 Å². The highest BCUT2D eigenvalue weighted by Crippen LogP contribution is 2.15. The molecule has 0 amide bonds. The molecule has 0 unspecified atom stereocenters. The largest absolute Gasteiger partial charge is 0.325 e. The molecule has 2 aromatic carbocycles. The molecule has 0 aliphatic carbocycles. The van der Waals surface area contributed by atoms with E-state index in [4.69, 9.17) is 0 Å². The van der Waals surface area contributed by atoms with Gasteiger partial charge in [-0.25, -0.2) is 0 Å². The molecule has 0 saturated carbocycles. The summed E-state index contributed by atoms with van der Waals surface area (Å²) in [5.41, 5.74) is 3.24. The van der Waals surface area contributed by atoms with Crippen LogP contribution in [0.2, 0.25) is 0 Å². The summed E-state index contributed by atoms with van der Waals surface area (Å²) in [6.07, 6.45) is 1.77. The van der Waals surface area contributed by atoms with Gasteiger partial charge in [0, 0.05) is 5.69 Å². The molecule has 3 rings (SSSR count). The second-order valence-corrected chi connectivity index (χ2v) is 4.11. The van der Waals surface area contributed by atoms with Crippen molar-refractivity contribution in [2.75, 3.05) is 11.4 Å². The molecule has 0 fully saturated rings. The summed E-state index contributed by atoms with van der Waals surface area (Å²) < 4.78 is 0. The van der Waals surface area contributed by atoms with Crippen molar-refractivity contribution in [1.29, 1.82) is 0 Å². The number of para-hydroxylation sites is 1. The number of hydrogen-bond acceptors (Lipinski definition) is 3. The van der Waals surface area contributed by atoms with E-state index in [9.17, 15) is 0 Å². The van der Waals surface area contributed by atoms with Gasteiger partial charge in [0.25, 0.3) is 0 Å². The van der Waals surface area contributed by atoms with Crippen LogP contribution in [0.3, 0.4) is 0 Å². The van der Waals surface area contributed by atoms with E-state index in [2.05, 4.69) is 39.4 Å². The van der Waals surface area contributed by atoms with Gasteiger partial charge >= 0.3 is 0 Å². The van der Waals surface area contributed by atoms with Gasteiger partial charge in [-0.05, 0) is 17.7 Å². The zero-order valence-electron chi connectivity index (χ0n) is 9.90. The summed E-state index contributed by atoms with van der Waals surface area (Å²) >= 11 is 0. The number of rotatable bonds is 2. The molecule has 0 atom stereocenters. The Morgan fingerprint density at radius 1 is 0.833 bits per heavy atom. The Morgan fingerprint density at radius 3 is 2.22 bits per heavy atom. The second-order valence-electron chi connectivity index (χ2n) is 4.11. The van der Waals surface area contributed by atoms with E-state index in [1.165, 1.54) is 0 Å². The molecule has 1 aliphatic rings. The van der Waals surface area contributed by atoms with Crippen LogP contribution in [0.1, 0.15) is 5.56 Å². The first-order chi connectivity index (χ1) is 8.93. The minimum atomic E-state index is 0.748. The topological polar surface area (TPSA) is 28.0 Å². The van der Waals surface area contributed by atoms with E-state index in [1.54, 1.807) is 6.34 Å². The maximum atomic E-state index is 4.22. The molecule has 3 nitrogen and oxygen atoms in total. The molecule has 0 aromatic heterocycles. The van der Waals surface area contributed by atoms with Crippen LogP contribution in [-0.2, 0) is 0 Å². The second kappa shape index (κ2) is 4.84. The lowest BCUT2D eigenvalue weighted by Crippen LogP contribution is -2.31. The highest BCUT2D eigenvalue weighted by Gasteiger charge is 2.13. The molecule has 1 aliphatic heterocycles. The van der Waals surface area contributed by atoms with Crippen molar-refractivity contribution >= 4 is 17.7 Å². The summed E-state index contributed by atoms with van der Waals surface area (Å²) in [6, 6.07) is 20.4. The number of anilines is 1. The fraction of sp³-hybridized carbons (Fsp3) is 0.0667. The van der Waals surface area contributed by atoms with Gasteiger partial charge in [0.15, 0.2) is 0 Å². The third-order valence-corrected chi connectivity index (χ3v) is 2.88. The Bertz CT molecular complexity index is 573. The minimum absolute atomic E-state index is 0.748. The van der Waals surface area contributed by atoms with Crippen molar-refractivity contribution in [3.05, 3.63) is 66.2 Å². The SMILES string of the molecule is C1=NN=C(c2ccccc2)CN1c1ccccc1. The lowest BCUT2D eigenvalue weighted by molar-refractivity contribution is 1.09. The van der Waals surface area contributed by atoms with Crippen LogP contribution in [0.15, 0.2) is 70.9 Å². The van der Waals surface area contributed by atoms with Crippen molar-refractivity contribution in [1.82, 2.24) is 0 Å². The van der Waals surface area contributed by atoms with Gasteiger partial charge in [0.2, 0.25) is 0 Å². The smallest absolute Gasteiger partial charge is 0.118 e. The summed E-state index contributed by atoms with van der Waals surface area (Å²) in [7, 11) is 0. The number of benzene rings is 2. The molecule has 88 valence electrons. The normalized spacial score (nSPS) is 14.4. The van der Waals surface area contributed by atoms with Crippen LogP contribution in [0, 0.1) is 0 Å².